The maximum Gasteiger partial charge on any atom is 0.258 e. The molecule has 0 saturated carbocycles. The lowest BCUT2D eigenvalue weighted by Gasteiger charge is -2.16. The Morgan fingerprint density at radius 3 is 2.74 bits per heavy atom. The summed E-state index contributed by atoms with van der Waals surface area (Å²) in [6, 6.07) is 12.4. The first-order valence-corrected chi connectivity index (χ1v) is 10.5. The maximum atomic E-state index is 13.3. The Hall–Kier alpha value is -4.53. The number of phenolic OH excluding ortho intramolecular Hbond substituents is 1. The molecule has 0 fully saturated rings. The van der Waals surface area contributed by atoms with E-state index in [1.54, 1.807) is 36.4 Å². The number of nitrogens with one attached hydrogen (secondary N) is 1. The van der Waals surface area contributed by atoms with Crippen LogP contribution in [0.15, 0.2) is 67.1 Å². The summed E-state index contributed by atoms with van der Waals surface area (Å²) in [4.78, 5) is 32.2. The maximum absolute atomic E-state index is 13.3. The first-order chi connectivity index (χ1) is 16.4. The lowest BCUT2D eigenvalue weighted by atomic mass is 9.96. The van der Waals surface area contributed by atoms with Gasteiger partial charge in [0, 0.05) is 48.4 Å². The van der Waals surface area contributed by atoms with Gasteiger partial charge in [-0.05, 0) is 29.8 Å². The molecule has 0 saturated heterocycles. The van der Waals surface area contributed by atoms with Crippen LogP contribution in [0.4, 0.5) is 4.39 Å². The van der Waals surface area contributed by atoms with Crippen molar-refractivity contribution in [2.24, 2.45) is 0 Å². The molecular weight excluding hydrogens is 439 g/mol. The third-order valence-corrected chi connectivity index (χ3v) is 5.79. The molecule has 2 aromatic heterocycles. The van der Waals surface area contributed by atoms with E-state index >= 15 is 0 Å². The minimum absolute atomic E-state index is 0.0376. The summed E-state index contributed by atoms with van der Waals surface area (Å²) in [7, 11) is 0. The number of pyridine rings is 2. The molecule has 170 valence electrons. The first kappa shape index (κ1) is 21.3. The van der Waals surface area contributed by atoms with E-state index in [9.17, 15) is 24.3 Å². The summed E-state index contributed by atoms with van der Waals surface area (Å²) in [5.74, 6) is -1.54. The Morgan fingerprint density at radius 1 is 1.18 bits per heavy atom. The van der Waals surface area contributed by atoms with Gasteiger partial charge in [-0.25, -0.2) is 4.39 Å². The Kier molecular flexibility index (Phi) is 5.29. The van der Waals surface area contributed by atoms with Crippen LogP contribution < -0.4 is 10.0 Å². The highest BCUT2D eigenvalue weighted by Gasteiger charge is 2.36. The highest BCUT2D eigenvalue weighted by atomic mass is 19.1. The second-order valence-corrected chi connectivity index (χ2v) is 8.02. The van der Waals surface area contributed by atoms with Crippen LogP contribution in [0.5, 0.6) is 5.75 Å². The molecule has 2 amide bonds. The van der Waals surface area contributed by atoms with Crippen LogP contribution in [0.25, 0.3) is 10.9 Å². The van der Waals surface area contributed by atoms with E-state index in [2.05, 4.69) is 10.3 Å². The van der Waals surface area contributed by atoms with Gasteiger partial charge >= 0.3 is 0 Å². The predicted molar refractivity (Wildman–Crippen MR) is 120 cm³/mol. The third kappa shape index (κ3) is 3.77. The van der Waals surface area contributed by atoms with Crippen molar-refractivity contribution in [2.45, 2.75) is 19.6 Å². The van der Waals surface area contributed by atoms with Crippen molar-refractivity contribution in [2.75, 3.05) is 0 Å². The van der Waals surface area contributed by atoms with Gasteiger partial charge in [0.25, 0.3) is 11.8 Å². The van der Waals surface area contributed by atoms with Crippen LogP contribution in [0, 0.1) is 11.0 Å². The fourth-order valence-electron chi connectivity index (χ4n) is 4.23. The van der Waals surface area contributed by atoms with Crippen molar-refractivity contribution in [3.8, 4) is 5.75 Å². The molecule has 0 unspecified atom stereocenters. The largest absolute Gasteiger partial charge is 0.619 e. The average molecular weight is 458 g/mol. The Morgan fingerprint density at radius 2 is 1.97 bits per heavy atom. The van der Waals surface area contributed by atoms with Gasteiger partial charge in [-0.1, -0.05) is 18.2 Å². The van der Waals surface area contributed by atoms with Crippen molar-refractivity contribution in [1.29, 1.82) is 0 Å². The molecule has 0 radical (unpaired) electrons. The second-order valence-electron chi connectivity index (χ2n) is 8.02. The van der Waals surface area contributed by atoms with Crippen LogP contribution in [0.3, 0.4) is 0 Å². The molecule has 3 heterocycles. The van der Waals surface area contributed by atoms with E-state index in [-0.39, 0.29) is 47.8 Å². The highest BCUT2D eigenvalue weighted by Crippen LogP contribution is 2.39. The molecule has 5 rings (SSSR count). The molecular formula is C25H19FN4O4. The normalized spacial score (nSPS) is 12.7. The quantitative estimate of drug-likeness (QED) is 0.353. The smallest absolute Gasteiger partial charge is 0.258 e. The summed E-state index contributed by atoms with van der Waals surface area (Å²) in [5.41, 5.74) is 2.16. The van der Waals surface area contributed by atoms with Crippen molar-refractivity contribution in [3.63, 3.8) is 0 Å². The fraction of sp³-hybridized carbons (Fsp3) is 0.120. The number of rotatable bonds is 5. The molecule has 4 aromatic rings. The zero-order valence-electron chi connectivity index (χ0n) is 17.9. The van der Waals surface area contributed by atoms with E-state index < -0.39 is 11.8 Å². The van der Waals surface area contributed by atoms with E-state index in [0.29, 0.717) is 26.8 Å². The van der Waals surface area contributed by atoms with E-state index in [0.717, 1.165) is 0 Å². The van der Waals surface area contributed by atoms with Crippen molar-refractivity contribution in [3.05, 3.63) is 106 Å². The fourth-order valence-corrected chi connectivity index (χ4v) is 4.23. The molecule has 0 bridgehead atoms. The molecule has 8 nitrogen and oxygen atoms in total. The molecule has 1 aliphatic heterocycles. The number of aromatic hydroxyl groups is 1. The van der Waals surface area contributed by atoms with Crippen molar-refractivity contribution < 1.29 is 23.8 Å². The van der Waals surface area contributed by atoms with Crippen molar-refractivity contribution >= 4 is 22.7 Å². The van der Waals surface area contributed by atoms with Gasteiger partial charge in [0.1, 0.15) is 11.3 Å². The summed E-state index contributed by atoms with van der Waals surface area (Å²) in [6.45, 7) is 0.386. The standard InChI is InChI=1S/C25H19FN4O4/c26-17-7-5-15(6-8-17)12-29-14-19-20(24(32)28-11-16-3-2-10-30(34)13-16)18-4-1-9-27-22(18)23(31)21(19)25(29)33/h1-10,13,31H,11-12,14H2,(H,28,32). The topological polar surface area (TPSA) is 109 Å². The molecule has 34 heavy (non-hydrogen) atoms. The number of hydrogen-bond acceptors (Lipinski definition) is 5. The second kappa shape index (κ2) is 8.43. The Balaban J connectivity index is 1.53. The number of carbonyl (C=O) groups is 2. The van der Waals surface area contributed by atoms with Crippen LogP contribution in [0.1, 0.15) is 37.4 Å². The Bertz CT molecular complexity index is 1440. The van der Waals surface area contributed by atoms with Gasteiger partial charge < -0.3 is 20.5 Å². The number of halogens is 1. The lowest BCUT2D eigenvalue weighted by Crippen LogP contribution is -2.28. The lowest BCUT2D eigenvalue weighted by molar-refractivity contribution is -0.605. The third-order valence-electron chi connectivity index (χ3n) is 5.79. The molecule has 0 spiro atoms. The predicted octanol–water partition coefficient (Wildman–Crippen LogP) is 2.80. The van der Waals surface area contributed by atoms with Crippen molar-refractivity contribution in [1.82, 2.24) is 15.2 Å². The van der Waals surface area contributed by atoms with Gasteiger partial charge in [0.2, 0.25) is 0 Å². The summed E-state index contributed by atoms with van der Waals surface area (Å²) in [6.07, 6.45) is 4.18. The first-order valence-electron chi connectivity index (χ1n) is 10.5. The summed E-state index contributed by atoms with van der Waals surface area (Å²) >= 11 is 0. The highest BCUT2D eigenvalue weighted by molar-refractivity contribution is 6.15. The number of aromatic nitrogens is 2. The zero-order chi connectivity index (χ0) is 23.8. The van der Waals surface area contributed by atoms with E-state index in [4.69, 9.17) is 0 Å². The van der Waals surface area contributed by atoms with E-state index in [1.807, 2.05) is 0 Å². The van der Waals surface area contributed by atoms with Crippen LogP contribution in [0.2, 0.25) is 0 Å². The summed E-state index contributed by atoms with van der Waals surface area (Å²) in [5, 5.41) is 25.6. The van der Waals surface area contributed by atoms with E-state index in [1.165, 1.54) is 35.6 Å². The minimum atomic E-state index is -0.452. The van der Waals surface area contributed by atoms with Gasteiger partial charge in [0.05, 0.1) is 11.1 Å². The van der Waals surface area contributed by atoms with Gasteiger partial charge in [-0.2, -0.15) is 4.73 Å². The number of benzene rings is 2. The molecule has 2 N–H and O–H groups in total. The zero-order valence-corrected chi connectivity index (χ0v) is 17.9. The van der Waals surface area contributed by atoms with Gasteiger partial charge in [-0.15, -0.1) is 0 Å². The molecule has 2 aromatic carbocycles. The van der Waals surface area contributed by atoms with Gasteiger partial charge in [-0.3, -0.25) is 14.6 Å². The van der Waals surface area contributed by atoms with Gasteiger partial charge in [0.15, 0.2) is 18.1 Å². The molecule has 0 atom stereocenters. The molecule has 1 aliphatic rings. The summed E-state index contributed by atoms with van der Waals surface area (Å²) < 4.78 is 13.9. The number of hydrogen-bond donors (Lipinski definition) is 2. The minimum Gasteiger partial charge on any atom is -0.619 e. The number of amides is 2. The Labute approximate surface area is 193 Å². The average Bonchev–Trinajstić information content (AvgIpc) is 3.15. The number of fused-ring (bicyclic) bond motifs is 2. The SMILES string of the molecule is O=C(NCc1ccc[n+]([O-])c1)c1c2c(c(O)c3ncccc13)C(=O)N(Cc1ccc(F)cc1)C2. The van der Waals surface area contributed by atoms with Crippen LogP contribution in [-0.2, 0) is 19.6 Å². The molecule has 9 heteroatoms. The van der Waals surface area contributed by atoms with Crippen LogP contribution in [-0.4, -0.2) is 26.8 Å². The monoisotopic (exact) mass is 458 g/mol. The number of nitrogens with zero attached hydrogens (tertiary/aromatic N) is 3. The number of phenols is 1. The van der Waals surface area contributed by atoms with Crippen LogP contribution >= 0.6 is 0 Å². The molecule has 0 aliphatic carbocycles. The number of carbonyl (C=O) groups excluding carboxylic acids is 2.